The van der Waals surface area contributed by atoms with Gasteiger partial charge in [-0.15, -0.1) is 0 Å². The third kappa shape index (κ3) is 1.60. The van der Waals surface area contributed by atoms with E-state index in [0.717, 1.165) is 5.92 Å². The predicted octanol–water partition coefficient (Wildman–Crippen LogP) is 6.18. The molecule has 0 unspecified atom stereocenters. The molecule has 0 aliphatic heterocycles. The summed E-state index contributed by atoms with van der Waals surface area (Å²) >= 11 is 0. The molecule has 3 atom stereocenters. The lowest BCUT2D eigenvalue weighted by Crippen LogP contribution is -2.38. The molecule has 1 saturated carbocycles. The lowest BCUT2D eigenvalue weighted by molar-refractivity contribution is 0.161. The molecule has 0 bridgehead atoms. The van der Waals surface area contributed by atoms with E-state index in [9.17, 15) is 0 Å². The van der Waals surface area contributed by atoms with Gasteiger partial charge in [0.05, 0.1) is 0 Å². The first-order valence-corrected chi connectivity index (χ1v) is 9.11. The van der Waals surface area contributed by atoms with E-state index in [0.29, 0.717) is 10.8 Å². The Hall–Kier alpha value is -0.520. The van der Waals surface area contributed by atoms with E-state index in [1.807, 2.05) is 16.7 Å². The molecule has 4 aliphatic carbocycles. The van der Waals surface area contributed by atoms with Crippen LogP contribution in [-0.2, 0) is 0 Å². The summed E-state index contributed by atoms with van der Waals surface area (Å²) in [5.41, 5.74) is 6.88. The van der Waals surface area contributed by atoms with Gasteiger partial charge in [0.15, 0.2) is 0 Å². The van der Waals surface area contributed by atoms with Gasteiger partial charge in [0.2, 0.25) is 0 Å². The zero-order valence-electron chi connectivity index (χ0n) is 13.4. The van der Waals surface area contributed by atoms with Crippen molar-refractivity contribution in [3.05, 3.63) is 22.8 Å². The minimum Gasteiger partial charge on any atom is -0.0844 e. The first-order chi connectivity index (χ1) is 9.70. The van der Waals surface area contributed by atoms with Crippen LogP contribution in [0.4, 0.5) is 0 Å². The largest absolute Gasteiger partial charge is 0.0844 e. The van der Waals surface area contributed by atoms with Crippen molar-refractivity contribution in [2.45, 2.75) is 84.5 Å². The lowest BCUT2D eigenvalue weighted by Gasteiger charge is -2.51. The topological polar surface area (TPSA) is 0 Å². The first kappa shape index (κ1) is 13.2. The van der Waals surface area contributed by atoms with Crippen LogP contribution in [-0.4, -0.2) is 0 Å². The van der Waals surface area contributed by atoms with Crippen LogP contribution < -0.4 is 0 Å². The van der Waals surface area contributed by atoms with Crippen LogP contribution in [0.15, 0.2) is 22.8 Å². The fraction of sp³-hybridized carbons (Fsp3) is 0.800. The summed E-state index contributed by atoms with van der Waals surface area (Å²) in [7, 11) is 0. The van der Waals surface area contributed by atoms with E-state index in [2.05, 4.69) is 19.9 Å². The van der Waals surface area contributed by atoms with Crippen molar-refractivity contribution in [3.8, 4) is 0 Å². The molecule has 0 radical (unpaired) electrons. The van der Waals surface area contributed by atoms with Gasteiger partial charge in [0.25, 0.3) is 0 Å². The van der Waals surface area contributed by atoms with Gasteiger partial charge in [0, 0.05) is 5.41 Å². The highest BCUT2D eigenvalue weighted by Crippen LogP contribution is 2.63. The molecule has 0 heteroatoms. The highest BCUT2D eigenvalue weighted by molar-refractivity contribution is 5.41. The zero-order valence-corrected chi connectivity index (χ0v) is 13.4. The van der Waals surface area contributed by atoms with Gasteiger partial charge in [-0.2, -0.15) is 0 Å². The Morgan fingerprint density at radius 1 is 1.10 bits per heavy atom. The number of fused-ring (bicyclic) bond motifs is 4. The van der Waals surface area contributed by atoms with Crippen molar-refractivity contribution < 1.29 is 0 Å². The molecule has 0 nitrogen and oxygen atoms in total. The number of allylic oxidation sites excluding steroid dienone is 4. The SMILES string of the molecule is CC[C@@]12CCC[C@H]1C1=C(CC2)[C@@]2(C)CCCC=C2CC1. The Kier molecular flexibility index (Phi) is 2.95. The van der Waals surface area contributed by atoms with Crippen molar-refractivity contribution in [2.75, 3.05) is 0 Å². The standard InChI is InChI=1S/C20H30/c1-3-20-13-6-8-18(20)16-10-9-15-7-4-5-12-19(15,2)17(16)11-14-20/h7,18H,3-6,8-14H2,1-2H3/t18-,19-,20-/m0/s1. The van der Waals surface area contributed by atoms with Gasteiger partial charge < -0.3 is 0 Å². The van der Waals surface area contributed by atoms with Crippen molar-refractivity contribution in [3.63, 3.8) is 0 Å². The maximum absolute atomic E-state index is 2.60. The highest BCUT2D eigenvalue weighted by Gasteiger charge is 2.50. The molecular weight excluding hydrogens is 240 g/mol. The Labute approximate surface area is 124 Å². The number of rotatable bonds is 1. The van der Waals surface area contributed by atoms with E-state index in [1.54, 1.807) is 0 Å². The van der Waals surface area contributed by atoms with Gasteiger partial charge in [-0.3, -0.25) is 0 Å². The van der Waals surface area contributed by atoms with E-state index in [-0.39, 0.29) is 0 Å². The van der Waals surface area contributed by atoms with Gasteiger partial charge in [-0.1, -0.05) is 43.1 Å². The molecule has 0 aromatic rings. The molecule has 0 spiro atoms. The maximum atomic E-state index is 2.60. The van der Waals surface area contributed by atoms with Crippen molar-refractivity contribution in [1.82, 2.24) is 0 Å². The monoisotopic (exact) mass is 270 g/mol. The third-order valence-corrected chi connectivity index (χ3v) is 7.60. The van der Waals surface area contributed by atoms with Gasteiger partial charge in [-0.05, 0) is 75.5 Å². The lowest BCUT2D eigenvalue weighted by atomic mass is 9.54. The second kappa shape index (κ2) is 4.49. The molecule has 0 saturated heterocycles. The summed E-state index contributed by atoms with van der Waals surface area (Å²) in [6.07, 6.45) is 18.4. The van der Waals surface area contributed by atoms with Gasteiger partial charge in [0.1, 0.15) is 0 Å². The maximum Gasteiger partial charge on any atom is 0.00952 e. The Bertz CT molecular complexity index is 480. The van der Waals surface area contributed by atoms with E-state index in [1.165, 1.54) is 70.6 Å². The molecule has 20 heavy (non-hydrogen) atoms. The first-order valence-electron chi connectivity index (χ1n) is 9.11. The Morgan fingerprint density at radius 3 is 2.85 bits per heavy atom. The summed E-state index contributed by atoms with van der Waals surface area (Å²) in [6, 6.07) is 0. The van der Waals surface area contributed by atoms with Crippen LogP contribution >= 0.6 is 0 Å². The number of hydrogen-bond acceptors (Lipinski definition) is 0. The summed E-state index contributed by atoms with van der Waals surface area (Å²) in [6.45, 7) is 5.04. The van der Waals surface area contributed by atoms with E-state index >= 15 is 0 Å². The minimum absolute atomic E-state index is 0.480. The highest BCUT2D eigenvalue weighted by atomic mass is 14.5. The zero-order chi connectivity index (χ0) is 13.8. The van der Waals surface area contributed by atoms with Crippen LogP contribution in [0.1, 0.15) is 84.5 Å². The summed E-state index contributed by atoms with van der Waals surface area (Å²) in [5, 5.41) is 0. The van der Waals surface area contributed by atoms with Crippen LogP contribution in [0, 0.1) is 16.7 Å². The fourth-order valence-corrected chi connectivity index (χ4v) is 6.39. The molecule has 110 valence electrons. The average Bonchev–Trinajstić information content (AvgIpc) is 2.91. The Morgan fingerprint density at radius 2 is 2.00 bits per heavy atom. The minimum atomic E-state index is 0.480. The van der Waals surface area contributed by atoms with Crippen molar-refractivity contribution in [2.24, 2.45) is 16.7 Å². The average molecular weight is 270 g/mol. The molecule has 0 heterocycles. The molecule has 0 aromatic carbocycles. The summed E-state index contributed by atoms with van der Waals surface area (Å²) in [4.78, 5) is 0. The second-order valence-electron chi connectivity index (χ2n) is 8.12. The third-order valence-electron chi connectivity index (χ3n) is 7.60. The van der Waals surface area contributed by atoms with Gasteiger partial charge in [-0.25, -0.2) is 0 Å². The smallest absolute Gasteiger partial charge is 0.00952 e. The van der Waals surface area contributed by atoms with Crippen LogP contribution in [0.5, 0.6) is 0 Å². The van der Waals surface area contributed by atoms with Crippen LogP contribution in [0.2, 0.25) is 0 Å². The van der Waals surface area contributed by atoms with E-state index in [4.69, 9.17) is 0 Å². The molecule has 1 fully saturated rings. The quantitative estimate of drug-likeness (QED) is 0.499. The molecule has 0 amide bonds. The van der Waals surface area contributed by atoms with Gasteiger partial charge >= 0.3 is 0 Å². The predicted molar refractivity (Wildman–Crippen MR) is 85.6 cm³/mol. The second-order valence-corrected chi connectivity index (χ2v) is 8.12. The molecule has 0 aromatic heterocycles. The van der Waals surface area contributed by atoms with Crippen molar-refractivity contribution in [1.29, 1.82) is 0 Å². The summed E-state index contributed by atoms with van der Waals surface area (Å²) < 4.78 is 0. The molecule has 4 rings (SSSR count). The summed E-state index contributed by atoms with van der Waals surface area (Å²) in [5.74, 6) is 0.969. The number of hydrogen-bond donors (Lipinski definition) is 0. The normalized spacial score (nSPS) is 43.7. The molecule has 0 N–H and O–H groups in total. The molecular formula is C20H30. The van der Waals surface area contributed by atoms with Crippen molar-refractivity contribution >= 4 is 0 Å². The Balaban J connectivity index is 1.80. The molecule has 4 aliphatic rings. The van der Waals surface area contributed by atoms with E-state index < -0.39 is 0 Å². The fourth-order valence-electron chi connectivity index (χ4n) is 6.39. The van der Waals surface area contributed by atoms with Crippen LogP contribution in [0.25, 0.3) is 0 Å². The van der Waals surface area contributed by atoms with Crippen LogP contribution in [0.3, 0.4) is 0 Å².